The van der Waals surface area contributed by atoms with Gasteiger partial charge in [0.15, 0.2) is 0 Å². The summed E-state index contributed by atoms with van der Waals surface area (Å²) in [6.07, 6.45) is 1.52. The van der Waals surface area contributed by atoms with Crippen LogP contribution in [-0.2, 0) is 20.2 Å². The molecule has 0 atom stereocenters. The Hall–Kier alpha value is -2.13. The van der Waals surface area contributed by atoms with Gasteiger partial charge in [0, 0.05) is 41.8 Å². The molecule has 1 aliphatic heterocycles. The van der Waals surface area contributed by atoms with Crippen LogP contribution in [0.2, 0.25) is 5.02 Å². The predicted molar refractivity (Wildman–Crippen MR) is 124 cm³/mol. The van der Waals surface area contributed by atoms with Crippen LogP contribution in [0.4, 0.5) is 0 Å². The highest BCUT2D eigenvalue weighted by Gasteiger charge is 2.35. The Morgan fingerprint density at radius 3 is 2.41 bits per heavy atom. The molecule has 0 aromatic heterocycles. The van der Waals surface area contributed by atoms with E-state index in [2.05, 4.69) is 10.0 Å². The molecule has 0 radical (unpaired) electrons. The molecule has 1 amide bonds. The van der Waals surface area contributed by atoms with Crippen LogP contribution in [0, 0.1) is 0 Å². The molecule has 2 N–H and O–H groups in total. The number of amides is 1. The summed E-state index contributed by atoms with van der Waals surface area (Å²) in [7, 11) is -2.44. The van der Waals surface area contributed by atoms with Crippen LogP contribution >= 0.6 is 11.6 Å². The Morgan fingerprint density at radius 1 is 1.16 bits per heavy atom. The second-order valence-electron chi connectivity index (χ2n) is 8.22. The van der Waals surface area contributed by atoms with E-state index in [4.69, 9.17) is 21.1 Å². The third-order valence-electron chi connectivity index (χ3n) is 5.60. The molecule has 2 aromatic rings. The van der Waals surface area contributed by atoms with Crippen molar-refractivity contribution in [3.05, 3.63) is 58.6 Å². The van der Waals surface area contributed by atoms with Crippen LogP contribution in [0.3, 0.4) is 0 Å². The van der Waals surface area contributed by atoms with Gasteiger partial charge in [0.2, 0.25) is 10.0 Å². The van der Waals surface area contributed by atoms with Crippen LogP contribution in [-0.4, -0.2) is 47.2 Å². The van der Waals surface area contributed by atoms with Crippen molar-refractivity contribution in [1.29, 1.82) is 0 Å². The summed E-state index contributed by atoms with van der Waals surface area (Å²) < 4.78 is 38.7. The molecule has 1 fully saturated rings. The lowest BCUT2D eigenvalue weighted by Crippen LogP contribution is -2.44. The maximum absolute atomic E-state index is 13.0. The maximum Gasteiger partial charge on any atom is 0.251 e. The second-order valence-corrected chi connectivity index (χ2v) is 10.3. The van der Waals surface area contributed by atoms with E-state index in [0.29, 0.717) is 24.8 Å². The van der Waals surface area contributed by atoms with Gasteiger partial charge in [-0.15, -0.1) is 0 Å². The van der Waals surface area contributed by atoms with E-state index in [0.717, 1.165) is 18.4 Å². The van der Waals surface area contributed by atoms with Crippen LogP contribution in [0.25, 0.3) is 0 Å². The highest BCUT2D eigenvalue weighted by Crippen LogP contribution is 2.35. The molecule has 7 nitrogen and oxygen atoms in total. The smallest absolute Gasteiger partial charge is 0.251 e. The van der Waals surface area contributed by atoms with Crippen LogP contribution in [0.1, 0.15) is 42.6 Å². The molecule has 0 bridgehead atoms. The van der Waals surface area contributed by atoms with Crippen molar-refractivity contribution in [1.82, 2.24) is 10.0 Å². The second kappa shape index (κ2) is 10.2. The quantitative estimate of drug-likeness (QED) is 0.603. The zero-order valence-corrected chi connectivity index (χ0v) is 20.1. The molecule has 1 heterocycles. The summed E-state index contributed by atoms with van der Waals surface area (Å²) in [6.45, 7) is 5.05. The van der Waals surface area contributed by atoms with E-state index < -0.39 is 10.0 Å². The summed E-state index contributed by atoms with van der Waals surface area (Å²) >= 11 is 6.05. The third kappa shape index (κ3) is 5.61. The van der Waals surface area contributed by atoms with Gasteiger partial charge in [-0.3, -0.25) is 4.79 Å². The summed E-state index contributed by atoms with van der Waals surface area (Å²) in [5.74, 6) is -0.176. The standard InChI is InChI=1S/C23H29ClN2O5S/c1-16(2)26-32(28,29)21-14-17(4-9-20(21)30-3)22(27)25-15-23(10-12-31-13-11-23)18-5-7-19(24)8-6-18/h4-9,14,16,26H,10-13,15H2,1-3H3,(H,25,27). The molecule has 0 saturated carbocycles. The first-order valence-corrected chi connectivity index (χ1v) is 12.4. The molecular weight excluding hydrogens is 452 g/mol. The Labute approximate surface area is 194 Å². The maximum atomic E-state index is 13.0. The lowest BCUT2D eigenvalue weighted by Gasteiger charge is -2.38. The fourth-order valence-corrected chi connectivity index (χ4v) is 5.46. The Balaban J connectivity index is 1.84. The molecule has 3 rings (SSSR count). The minimum Gasteiger partial charge on any atom is -0.495 e. The highest BCUT2D eigenvalue weighted by atomic mass is 35.5. The number of nitrogens with one attached hydrogen (secondary N) is 2. The average molecular weight is 481 g/mol. The van der Waals surface area contributed by atoms with E-state index in [1.165, 1.54) is 19.2 Å². The minimum absolute atomic E-state index is 0.0696. The van der Waals surface area contributed by atoms with Gasteiger partial charge in [0.25, 0.3) is 5.91 Å². The largest absolute Gasteiger partial charge is 0.495 e. The third-order valence-corrected chi connectivity index (χ3v) is 7.53. The number of ether oxygens (including phenoxy) is 2. The van der Waals surface area contributed by atoms with E-state index in [-0.39, 0.29) is 33.6 Å². The van der Waals surface area contributed by atoms with Crippen molar-refractivity contribution in [2.45, 2.75) is 43.0 Å². The van der Waals surface area contributed by atoms with Gasteiger partial charge in [-0.1, -0.05) is 23.7 Å². The number of hydrogen-bond donors (Lipinski definition) is 2. The number of rotatable bonds is 8. The first-order valence-electron chi connectivity index (χ1n) is 10.5. The predicted octanol–water partition coefficient (Wildman–Crippen LogP) is 3.51. The zero-order valence-electron chi connectivity index (χ0n) is 18.5. The first-order chi connectivity index (χ1) is 15.2. The van der Waals surface area contributed by atoms with Crippen LogP contribution in [0.15, 0.2) is 47.4 Å². The van der Waals surface area contributed by atoms with E-state index >= 15 is 0 Å². The van der Waals surface area contributed by atoms with E-state index in [1.807, 2.05) is 24.3 Å². The van der Waals surface area contributed by atoms with Gasteiger partial charge in [0.05, 0.1) is 7.11 Å². The summed E-state index contributed by atoms with van der Waals surface area (Å²) in [5.41, 5.74) is 1.05. The molecule has 1 aliphatic rings. The molecular formula is C23H29ClN2O5S. The Kier molecular flexibility index (Phi) is 7.82. The minimum atomic E-state index is -3.84. The zero-order chi connectivity index (χ0) is 23.4. The monoisotopic (exact) mass is 480 g/mol. The summed E-state index contributed by atoms with van der Waals surface area (Å²) in [4.78, 5) is 12.9. The molecule has 0 unspecified atom stereocenters. The number of benzene rings is 2. The van der Waals surface area contributed by atoms with Gasteiger partial charge < -0.3 is 14.8 Å². The van der Waals surface area contributed by atoms with Crippen molar-refractivity contribution in [3.8, 4) is 5.75 Å². The molecule has 2 aromatic carbocycles. The normalized spacial score (nSPS) is 16.0. The van der Waals surface area contributed by atoms with E-state index in [1.54, 1.807) is 19.9 Å². The number of carbonyl (C=O) groups excluding carboxylic acids is 1. The van der Waals surface area contributed by atoms with Gasteiger partial charge in [-0.2, -0.15) is 0 Å². The lowest BCUT2D eigenvalue weighted by atomic mass is 9.74. The van der Waals surface area contributed by atoms with Crippen LogP contribution in [0.5, 0.6) is 5.75 Å². The van der Waals surface area contributed by atoms with Crippen molar-refractivity contribution in [3.63, 3.8) is 0 Å². The van der Waals surface area contributed by atoms with E-state index in [9.17, 15) is 13.2 Å². The van der Waals surface area contributed by atoms with Crippen LogP contribution < -0.4 is 14.8 Å². The fourth-order valence-electron chi connectivity index (χ4n) is 3.89. The Morgan fingerprint density at radius 2 is 1.81 bits per heavy atom. The van der Waals surface area contributed by atoms with Crippen molar-refractivity contribution >= 4 is 27.5 Å². The average Bonchev–Trinajstić information content (AvgIpc) is 2.77. The summed E-state index contributed by atoms with van der Waals surface area (Å²) in [5, 5.41) is 3.65. The number of methoxy groups -OCH3 is 1. The Bertz CT molecular complexity index is 1050. The number of hydrogen-bond acceptors (Lipinski definition) is 5. The topological polar surface area (TPSA) is 93.7 Å². The molecule has 0 spiro atoms. The highest BCUT2D eigenvalue weighted by molar-refractivity contribution is 7.89. The number of halogens is 1. The SMILES string of the molecule is COc1ccc(C(=O)NCC2(c3ccc(Cl)cc3)CCOCC2)cc1S(=O)(=O)NC(C)C. The van der Waals surface area contributed by atoms with Crippen molar-refractivity contribution in [2.75, 3.05) is 26.9 Å². The van der Waals surface area contributed by atoms with Crippen molar-refractivity contribution in [2.24, 2.45) is 0 Å². The molecule has 174 valence electrons. The molecule has 9 heteroatoms. The van der Waals surface area contributed by atoms with Gasteiger partial charge in [0.1, 0.15) is 10.6 Å². The van der Waals surface area contributed by atoms with Gasteiger partial charge in [-0.25, -0.2) is 13.1 Å². The first kappa shape index (κ1) is 24.5. The molecule has 1 saturated heterocycles. The lowest BCUT2D eigenvalue weighted by molar-refractivity contribution is 0.0487. The fraction of sp³-hybridized carbons (Fsp3) is 0.435. The number of sulfonamides is 1. The summed E-state index contributed by atoms with van der Waals surface area (Å²) in [6, 6.07) is 11.8. The molecule has 32 heavy (non-hydrogen) atoms. The molecule has 0 aliphatic carbocycles. The van der Waals surface area contributed by atoms with Crippen molar-refractivity contribution < 1.29 is 22.7 Å². The van der Waals surface area contributed by atoms with Gasteiger partial charge in [-0.05, 0) is 62.6 Å². The van der Waals surface area contributed by atoms with Gasteiger partial charge >= 0.3 is 0 Å². The number of carbonyl (C=O) groups is 1.